The minimum Gasteiger partial charge on any atom is -0.216 e. The van der Waals surface area contributed by atoms with Crippen LogP contribution in [0.15, 0.2) is 22.7 Å². The molecule has 2 nitrogen and oxygen atoms in total. The number of aromatic nitrogens is 2. The molecule has 0 saturated carbocycles. The molecule has 0 aliphatic carbocycles. The predicted octanol–water partition coefficient (Wildman–Crippen LogP) is 5.99. The van der Waals surface area contributed by atoms with Gasteiger partial charge in [-0.25, -0.2) is 9.97 Å². The van der Waals surface area contributed by atoms with E-state index >= 15 is 0 Å². The van der Waals surface area contributed by atoms with Crippen LogP contribution in [0.1, 0.15) is 25.3 Å². The van der Waals surface area contributed by atoms with E-state index in [4.69, 9.17) is 34.8 Å². The molecule has 1 heterocycles. The van der Waals surface area contributed by atoms with Crippen LogP contribution in [0.2, 0.25) is 15.3 Å². The molecule has 0 N–H and O–H groups in total. The SMILES string of the molecule is CC(C)c1c(Cl)nc(-c2cc(Br)ccc2Cl)nc1Cl. The lowest BCUT2D eigenvalue weighted by Gasteiger charge is -2.11. The van der Waals surface area contributed by atoms with Gasteiger partial charge in [0, 0.05) is 15.6 Å². The van der Waals surface area contributed by atoms with Crippen molar-refractivity contribution in [2.24, 2.45) is 0 Å². The average molecular weight is 380 g/mol. The van der Waals surface area contributed by atoms with Gasteiger partial charge < -0.3 is 0 Å². The monoisotopic (exact) mass is 378 g/mol. The first-order chi connectivity index (χ1) is 8.90. The molecule has 1 aromatic carbocycles. The first-order valence-electron chi connectivity index (χ1n) is 5.58. The van der Waals surface area contributed by atoms with Crippen LogP contribution in [0.4, 0.5) is 0 Å². The molecule has 0 aliphatic rings. The van der Waals surface area contributed by atoms with Crippen molar-refractivity contribution in [2.75, 3.05) is 0 Å². The molecule has 0 atom stereocenters. The van der Waals surface area contributed by atoms with Crippen molar-refractivity contribution in [3.05, 3.63) is 43.6 Å². The fourth-order valence-electron chi connectivity index (χ4n) is 1.68. The summed E-state index contributed by atoms with van der Waals surface area (Å²) in [5.74, 6) is 0.581. The van der Waals surface area contributed by atoms with E-state index in [0.29, 0.717) is 26.7 Å². The summed E-state index contributed by atoms with van der Waals surface area (Å²) in [7, 11) is 0. The third kappa shape index (κ3) is 3.22. The Morgan fingerprint density at radius 3 is 2.16 bits per heavy atom. The van der Waals surface area contributed by atoms with E-state index in [1.165, 1.54) is 0 Å². The quantitative estimate of drug-likeness (QED) is 0.598. The standard InChI is InChI=1S/C13H10BrCl3N2/c1-6(2)10-11(16)18-13(19-12(10)17)8-5-7(14)3-4-9(8)15/h3-6H,1-2H3. The first kappa shape index (κ1) is 15.0. The predicted molar refractivity (Wildman–Crippen MR) is 84.3 cm³/mol. The van der Waals surface area contributed by atoms with Crippen LogP contribution in [0.25, 0.3) is 11.4 Å². The summed E-state index contributed by atoms with van der Waals surface area (Å²) in [6.07, 6.45) is 0. The minimum absolute atomic E-state index is 0.159. The zero-order valence-electron chi connectivity index (χ0n) is 10.2. The Balaban J connectivity index is 2.62. The lowest BCUT2D eigenvalue weighted by Crippen LogP contribution is -1.99. The zero-order valence-corrected chi connectivity index (χ0v) is 14.1. The third-order valence-electron chi connectivity index (χ3n) is 2.60. The summed E-state index contributed by atoms with van der Waals surface area (Å²) < 4.78 is 0.885. The molecular weight excluding hydrogens is 370 g/mol. The van der Waals surface area contributed by atoms with E-state index in [1.807, 2.05) is 26.0 Å². The maximum Gasteiger partial charge on any atom is 0.164 e. The molecule has 0 spiro atoms. The smallest absolute Gasteiger partial charge is 0.164 e. The lowest BCUT2D eigenvalue weighted by molar-refractivity contribution is 0.848. The van der Waals surface area contributed by atoms with Crippen molar-refractivity contribution < 1.29 is 0 Å². The van der Waals surface area contributed by atoms with E-state index in [-0.39, 0.29) is 5.92 Å². The summed E-state index contributed by atoms with van der Waals surface area (Å²) in [5, 5.41) is 1.27. The van der Waals surface area contributed by atoms with Crippen LogP contribution in [0.5, 0.6) is 0 Å². The Morgan fingerprint density at radius 2 is 1.63 bits per heavy atom. The van der Waals surface area contributed by atoms with E-state index < -0.39 is 0 Å². The van der Waals surface area contributed by atoms with Gasteiger partial charge >= 0.3 is 0 Å². The molecule has 0 saturated heterocycles. The average Bonchev–Trinajstić information content (AvgIpc) is 2.30. The van der Waals surface area contributed by atoms with Gasteiger partial charge in [-0.15, -0.1) is 0 Å². The van der Waals surface area contributed by atoms with Gasteiger partial charge in [0.1, 0.15) is 10.3 Å². The van der Waals surface area contributed by atoms with Gasteiger partial charge in [0.15, 0.2) is 5.82 Å². The van der Waals surface area contributed by atoms with Gasteiger partial charge in [0.2, 0.25) is 0 Å². The van der Waals surface area contributed by atoms with Crippen LogP contribution >= 0.6 is 50.7 Å². The Morgan fingerprint density at radius 1 is 1.05 bits per heavy atom. The Kier molecular flexibility index (Phi) is 4.72. The Hall–Kier alpha value is -0.350. The van der Waals surface area contributed by atoms with Crippen molar-refractivity contribution in [1.29, 1.82) is 0 Å². The molecule has 19 heavy (non-hydrogen) atoms. The molecule has 1 aromatic heterocycles. The molecule has 0 radical (unpaired) electrons. The van der Waals surface area contributed by atoms with Crippen molar-refractivity contribution in [2.45, 2.75) is 19.8 Å². The molecule has 2 aromatic rings. The van der Waals surface area contributed by atoms with E-state index in [0.717, 1.165) is 10.0 Å². The zero-order chi connectivity index (χ0) is 14.2. The van der Waals surface area contributed by atoms with Crippen LogP contribution < -0.4 is 0 Å². The summed E-state index contributed by atoms with van der Waals surface area (Å²) >= 11 is 21.9. The van der Waals surface area contributed by atoms with Crippen molar-refractivity contribution in [3.8, 4) is 11.4 Å². The first-order valence-corrected chi connectivity index (χ1v) is 7.51. The highest BCUT2D eigenvalue weighted by atomic mass is 79.9. The third-order valence-corrected chi connectivity index (χ3v) is 4.00. The van der Waals surface area contributed by atoms with E-state index in [9.17, 15) is 0 Å². The number of hydrogen-bond acceptors (Lipinski definition) is 2. The topological polar surface area (TPSA) is 25.8 Å². The second-order valence-electron chi connectivity index (χ2n) is 4.32. The second kappa shape index (κ2) is 5.96. The molecule has 0 amide bonds. The summed E-state index contributed by atoms with van der Waals surface area (Å²) in [4.78, 5) is 8.58. The fraction of sp³-hybridized carbons (Fsp3) is 0.231. The highest BCUT2D eigenvalue weighted by Gasteiger charge is 2.17. The normalized spacial score (nSPS) is 11.1. The highest BCUT2D eigenvalue weighted by Crippen LogP contribution is 2.34. The molecule has 100 valence electrons. The molecule has 0 unspecified atom stereocenters. The van der Waals surface area contributed by atoms with Crippen molar-refractivity contribution >= 4 is 50.7 Å². The van der Waals surface area contributed by atoms with Gasteiger partial charge in [0.25, 0.3) is 0 Å². The van der Waals surface area contributed by atoms with Gasteiger partial charge in [-0.2, -0.15) is 0 Å². The largest absolute Gasteiger partial charge is 0.216 e. The van der Waals surface area contributed by atoms with Gasteiger partial charge in [-0.05, 0) is 24.1 Å². The maximum absolute atomic E-state index is 6.18. The molecule has 0 aliphatic heterocycles. The summed E-state index contributed by atoms with van der Waals surface area (Å²) in [5.41, 5.74) is 1.44. The Bertz CT molecular complexity index is 606. The maximum atomic E-state index is 6.18. The van der Waals surface area contributed by atoms with Crippen LogP contribution in [-0.2, 0) is 0 Å². The lowest BCUT2D eigenvalue weighted by atomic mass is 10.1. The molecule has 6 heteroatoms. The van der Waals surface area contributed by atoms with E-state index in [1.54, 1.807) is 6.07 Å². The highest BCUT2D eigenvalue weighted by molar-refractivity contribution is 9.10. The molecule has 0 fully saturated rings. The molecular formula is C13H10BrCl3N2. The van der Waals surface area contributed by atoms with Gasteiger partial charge in [-0.3, -0.25) is 0 Å². The van der Waals surface area contributed by atoms with E-state index in [2.05, 4.69) is 25.9 Å². The van der Waals surface area contributed by atoms with Gasteiger partial charge in [-0.1, -0.05) is 64.6 Å². The Labute approximate surface area is 135 Å². The number of rotatable bonds is 2. The number of hydrogen-bond donors (Lipinski definition) is 0. The number of benzene rings is 1. The molecule has 0 bridgehead atoms. The summed E-state index contributed by atoms with van der Waals surface area (Å²) in [6.45, 7) is 3.98. The van der Waals surface area contributed by atoms with Crippen LogP contribution in [-0.4, -0.2) is 9.97 Å². The van der Waals surface area contributed by atoms with Gasteiger partial charge in [0.05, 0.1) is 5.02 Å². The van der Waals surface area contributed by atoms with Crippen LogP contribution in [0.3, 0.4) is 0 Å². The minimum atomic E-state index is 0.159. The van der Waals surface area contributed by atoms with Crippen molar-refractivity contribution in [1.82, 2.24) is 9.97 Å². The van der Waals surface area contributed by atoms with Crippen molar-refractivity contribution in [3.63, 3.8) is 0 Å². The number of halogens is 4. The second-order valence-corrected chi connectivity index (χ2v) is 6.36. The fourth-order valence-corrected chi connectivity index (χ4v) is 3.07. The number of nitrogens with zero attached hydrogens (tertiary/aromatic N) is 2. The summed E-state index contributed by atoms with van der Waals surface area (Å²) in [6, 6.07) is 5.44. The van der Waals surface area contributed by atoms with Crippen LogP contribution in [0, 0.1) is 0 Å². The molecule has 2 rings (SSSR count).